The van der Waals surface area contributed by atoms with Crippen LogP contribution in [0.5, 0.6) is 0 Å². The summed E-state index contributed by atoms with van der Waals surface area (Å²) in [7, 11) is -0.525. The predicted molar refractivity (Wildman–Crippen MR) is 66.2 cm³/mol. The molecule has 6 heteroatoms. The van der Waals surface area contributed by atoms with Crippen LogP contribution in [0, 0.1) is 0 Å². The zero-order valence-electron chi connectivity index (χ0n) is 10.5. The number of rotatable bonds is 2. The quantitative estimate of drug-likeness (QED) is 0.515. The summed E-state index contributed by atoms with van der Waals surface area (Å²) in [6, 6.07) is 10.0. The van der Waals surface area contributed by atoms with E-state index in [9.17, 15) is 13.0 Å². The van der Waals surface area contributed by atoms with Gasteiger partial charge in [0.1, 0.15) is 10.1 Å². The fourth-order valence-corrected chi connectivity index (χ4v) is 2.15. The van der Waals surface area contributed by atoms with Gasteiger partial charge in [-0.1, -0.05) is 12.1 Å². The zero-order chi connectivity index (χ0) is 12.6. The number of benzene rings is 2. The molecule has 4 nitrogen and oxygen atoms in total. The van der Waals surface area contributed by atoms with Gasteiger partial charge >= 0.3 is 51.4 Å². The summed E-state index contributed by atoms with van der Waals surface area (Å²) in [5.74, 6) is 0. The van der Waals surface area contributed by atoms with Crippen LogP contribution in [0.4, 0.5) is 5.69 Å². The molecule has 2 aromatic rings. The van der Waals surface area contributed by atoms with Crippen LogP contribution in [-0.2, 0) is 10.1 Å². The van der Waals surface area contributed by atoms with Gasteiger partial charge in [-0.3, -0.25) is 0 Å². The summed E-state index contributed by atoms with van der Waals surface area (Å²) >= 11 is 0. The van der Waals surface area contributed by atoms with Crippen LogP contribution in [0.3, 0.4) is 0 Å². The first kappa shape index (κ1) is 16.1. The number of anilines is 1. The first-order chi connectivity index (χ1) is 7.88. The molecule has 2 aromatic carbocycles. The summed E-state index contributed by atoms with van der Waals surface area (Å²) in [6.07, 6.45) is 0. The van der Waals surface area contributed by atoms with Crippen LogP contribution < -0.4 is 56.3 Å². The van der Waals surface area contributed by atoms with Crippen molar-refractivity contribution in [1.29, 1.82) is 0 Å². The molecule has 0 spiro atoms. The standard InChI is InChI=1S/C12H13NO3S.K/c1-13(2)11-5-3-10-8-12(17(14,15)16)6-4-9(10)7-11;/h3-8H,1-2H3,(H,14,15,16);/q;+1/p-1. The van der Waals surface area contributed by atoms with Crippen molar-refractivity contribution in [2.45, 2.75) is 4.90 Å². The van der Waals surface area contributed by atoms with Crippen molar-refractivity contribution in [3.8, 4) is 0 Å². The number of hydrogen-bond donors (Lipinski definition) is 0. The second-order valence-corrected chi connectivity index (χ2v) is 5.42. The second kappa shape index (κ2) is 6.00. The van der Waals surface area contributed by atoms with Gasteiger partial charge in [-0.15, -0.1) is 0 Å². The molecule has 0 aliphatic carbocycles. The Morgan fingerprint density at radius 1 is 1.00 bits per heavy atom. The third-order valence-corrected chi connectivity index (χ3v) is 3.43. The molecule has 0 unspecified atom stereocenters. The molecule has 0 saturated heterocycles. The molecule has 0 N–H and O–H groups in total. The summed E-state index contributed by atoms with van der Waals surface area (Å²) in [6.45, 7) is 0. The number of hydrogen-bond acceptors (Lipinski definition) is 4. The molecule has 0 amide bonds. The third-order valence-electron chi connectivity index (χ3n) is 2.60. The topological polar surface area (TPSA) is 60.4 Å². The van der Waals surface area contributed by atoms with Crippen molar-refractivity contribution in [3.63, 3.8) is 0 Å². The second-order valence-electron chi connectivity index (χ2n) is 4.04. The molecule has 0 bridgehead atoms. The van der Waals surface area contributed by atoms with E-state index in [0.29, 0.717) is 0 Å². The van der Waals surface area contributed by atoms with E-state index >= 15 is 0 Å². The molecule has 90 valence electrons. The van der Waals surface area contributed by atoms with E-state index in [1.807, 2.05) is 31.1 Å². The maximum absolute atomic E-state index is 10.9. The van der Waals surface area contributed by atoms with Crippen LogP contribution in [-0.4, -0.2) is 27.1 Å². The molecule has 2 rings (SSSR count). The van der Waals surface area contributed by atoms with E-state index in [1.54, 1.807) is 12.1 Å². The molecule has 0 aliphatic rings. The molecular weight excluding hydrogens is 277 g/mol. The van der Waals surface area contributed by atoms with E-state index < -0.39 is 10.1 Å². The van der Waals surface area contributed by atoms with E-state index in [0.717, 1.165) is 16.5 Å². The van der Waals surface area contributed by atoms with Crippen LogP contribution in [0.1, 0.15) is 0 Å². The van der Waals surface area contributed by atoms with Gasteiger partial charge in [-0.05, 0) is 35.0 Å². The Kier molecular flexibility index (Phi) is 5.37. The van der Waals surface area contributed by atoms with Gasteiger partial charge < -0.3 is 9.45 Å². The van der Waals surface area contributed by atoms with Gasteiger partial charge in [0, 0.05) is 19.8 Å². The van der Waals surface area contributed by atoms with Gasteiger partial charge in [-0.25, -0.2) is 8.42 Å². The third kappa shape index (κ3) is 3.54. The molecule has 0 fully saturated rings. The van der Waals surface area contributed by atoms with Crippen molar-refractivity contribution in [2.75, 3.05) is 19.0 Å². The molecular formula is C12H12KNO3S. The summed E-state index contributed by atoms with van der Waals surface area (Å²) < 4.78 is 32.7. The van der Waals surface area contributed by atoms with Gasteiger partial charge in [0.25, 0.3) is 0 Å². The van der Waals surface area contributed by atoms with Crippen molar-refractivity contribution in [1.82, 2.24) is 0 Å². The molecule has 0 aromatic heterocycles. The largest absolute Gasteiger partial charge is 1.00 e. The van der Waals surface area contributed by atoms with Crippen LogP contribution >= 0.6 is 0 Å². The summed E-state index contributed by atoms with van der Waals surface area (Å²) in [4.78, 5) is 1.76. The minimum Gasteiger partial charge on any atom is -0.744 e. The van der Waals surface area contributed by atoms with Gasteiger partial charge in [-0.2, -0.15) is 0 Å². The SMILES string of the molecule is CN(C)c1ccc2cc(S(=O)(=O)[O-])ccc2c1.[K+]. The Balaban J connectivity index is 0.00000162. The Morgan fingerprint density at radius 2 is 1.56 bits per heavy atom. The molecule has 0 heterocycles. The van der Waals surface area contributed by atoms with Crippen molar-refractivity contribution < 1.29 is 64.4 Å². The van der Waals surface area contributed by atoms with Gasteiger partial charge in [0.05, 0.1) is 4.90 Å². The maximum atomic E-state index is 10.9. The molecule has 0 saturated carbocycles. The van der Waals surface area contributed by atoms with Crippen molar-refractivity contribution in [3.05, 3.63) is 36.4 Å². The Hall–Kier alpha value is 0.0464. The Morgan fingerprint density at radius 3 is 2.11 bits per heavy atom. The van der Waals surface area contributed by atoms with Gasteiger partial charge in [0.15, 0.2) is 0 Å². The average molecular weight is 289 g/mol. The fraction of sp³-hybridized carbons (Fsp3) is 0.167. The van der Waals surface area contributed by atoms with E-state index in [1.165, 1.54) is 12.1 Å². The van der Waals surface area contributed by atoms with E-state index in [4.69, 9.17) is 0 Å². The van der Waals surface area contributed by atoms with Gasteiger partial charge in [0.2, 0.25) is 0 Å². The smallest absolute Gasteiger partial charge is 0.744 e. The van der Waals surface area contributed by atoms with Crippen LogP contribution in [0.15, 0.2) is 41.3 Å². The first-order valence-electron chi connectivity index (χ1n) is 5.05. The summed E-state index contributed by atoms with van der Waals surface area (Å²) in [5, 5.41) is 1.65. The predicted octanol–water partition coefficient (Wildman–Crippen LogP) is -1.19. The Labute approximate surface area is 149 Å². The first-order valence-corrected chi connectivity index (χ1v) is 6.46. The fourth-order valence-electron chi connectivity index (χ4n) is 1.64. The van der Waals surface area contributed by atoms with E-state index in [-0.39, 0.29) is 56.3 Å². The van der Waals surface area contributed by atoms with Crippen LogP contribution in [0.2, 0.25) is 0 Å². The Bertz CT molecular complexity index is 668. The molecule has 0 radical (unpaired) electrons. The minimum absolute atomic E-state index is 0. The summed E-state index contributed by atoms with van der Waals surface area (Å²) in [5.41, 5.74) is 1.02. The molecule has 0 atom stereocenters. The van der Waals surface area contributed by atoms with Crippen molar-refractivity contribution in [2.24, 2.45) is 0 Å². The normalized spacial score (nSPS) is 11.1. The minimum atomic E-state index is -4.38. The maximum Gasteiger partial charge on any atom is 1.00 e. The molecule has 0 aliphatic heterocycles. The molecule has 18 heavy (non-hydrogen) atoms. The van der Waals surface area contributed by atoms with Crippen molar-refractivity contribution >= 4 is 26.6 Å². The number of fused-ring (bicyclic) bond motifs is 1. The number of nitrogens with zero attached hydrogens (tertiary/aromatic N) is 1. The monoisotopic (exact) mass is 289 g/mol. The average Bonchev–Trinajstić information content (AvgIpc) is 2.26. The zero-order valence-corrected chi connectivity index (χ0v) is 14.5. The van der Waals surface area contributed by atoms with E-state index in [2.05, 4.69) is 0 Å². The van der Waals surface area contributed by atoms with Crippen LogP contribution in [0.25, 0.3) is 10.8 Å².